The maximum atomic E-state index is 5.88. The molecule has 0 aliphatic rings. The Hall–Kier alpha value is -2.11. The van der Waals surface area contributed by atoms with E-state index in [-0.39, 0.29) is 6.04 Å². The number of benzene rings is 1. The molecule has 5 nitrogen and oxygen atoms in total. The van der Waals surface area contributed by atoms with E-state index in [4.69, 9.17) is 20.4 Å². The average Bonchev–Trinajstić information content (AvgIpc) is 3.16. The summed E-state index contributed by atoms with van der Waals surface area (Å²) in [5.41, 5.74) is 1.14. The van der Waals surface area contributed by atoms with Crippen LogP contribution in [0.3, 0.4) is 0 Å². The molecule has 1 atom stereocenters. The number of halogens is 1. The van der Waals surface area contributed by atoms with Crippen LogP contribution in [0.5, 0.6) is 0 Å². The topological polar surface area (TPSA) is 64.1 Å². The van der Waals surface area contributed by atoms with Crippen molar-refractivity contribution >= 4 is 11.6 Å². The highest BCUT2D eigenvalue weighted by Crippen LogP contribution is 2.19. The van der Waals surface area contributed by atoms with Gasteiger partial charge in [0.25, 0.3) is 5.89 Å². The van der Waals surface area contributed by atoms with Gasteiger partial charge in [0, 0.05) is 11.1 Å². The van der Waals surface area contributed by atoms with Gasteiger partial charge in [0.1, 0.15) is 0 Å². The lowest BCUT2D eigenvalue weighted by molar-refractivity contribution is 0.443. The third kappa shape index (κ3) is 3.32. The minimum absolute atomic E-state index is 0.154. The van der Waals surface area contributed by atoms with Crippen LogP contribution in [0.2, 0.25) is 5.02 Å². The van der Waals surface area contributed by atoms with Gasteiger partial charge in [-0.3, -0.25) is 0 Å². The summed E-state index contributed by atoms with van der Waals surface area (Å²) in [6.45, 7) is 2.55. The number of hydrogen-bond donors (Lipinski definition) is 1. The number of hydrogen-bond acceptors (Lipinski definition) is 5. The summed E-state index contributed by atoms with van der Waals surface area (Å²) in [5, 5.41) is 12.0. The van der Waals surface area contributed by atoms with Gasteiger partial charge in [0.15, 0.2) is 5.76 Å². The Morgan fingerprint density at radius 1 is 1.19 bits per heavy atom. The molecule has 108 valence electrons. The Kier molecular flexibility index (Phi) is 4.03. The van der Waals surface area contributed by atoms with Crippen LogP contribution in [0.4, 0.5) is 0 Å². The van der Waals surface area contributed by atoms with Gasteiger partial charge in [0.05, 0.1) is 12.8 Å². The number of nitrogens with zero attached hydrogens (tertiary/aromatic N) is 2. The molecule has 0 saturated heterocycles. The highest BCUT2D eigenvalue weighted by molar-refractivity contribution is 6.30. The summed E-state index contributed by atoms with van der Waals surface area (Å²) in [5.74, 6) is 1.47. The summed E-state index contributed by atoms with van der Waals surface area (Å²) >= 11 is 5.88. The van der Waals surface area contributed by atoms with Gasteiger partial charge in [0.2, 0.25) is 5.89 Å². The molecule has 0 aliphatic carbocycles. The average molecular weight is 304 g/mol. The number of furan rings is 1. The zero-order valence-corrected chi connectivity index (χ0v) is 12.2. The monoisotopic (exact) mass is 303 g/mol. The van der Waals surface area contributed by atoms with Crippen molar-refractivity contribution in [3.8, 4) is 11.7 Å². The first-order chi connectivity index (χ1) is 10.2. The second-order valence-electron chi connectivity index (χ2n) is 4.63. The predicted molar refractivity (Wildman–Crippen MR) is 78.7 cm³/mol. The lowest BCUT2D eigenvalue weighted by Crippen LogP contribution is -2.18. The standard InChI is InChI=1S/C15H14ClN3O2/c1-10(11-4-6-12(16)7-5-11)17-9-14-18-19-15(21-14)13-3-2-8-20-13/h2-8,10,17H,9H2,1H3. The Morgan fingerprint density at radius 3 is 2.71 bits per heavy atom. The third-order valence-electron chi connectivity index (χ3n) is 3.13. The smallest absolute Gasteiger partial charge is 0.283 e. The molecule has 0 spiro atoms. The van der Waals surface area contributed by atoms with E-state index in [0.717, 1.165) is 10.6 Å². The van der Waals surface area contributed by atoms with E-state index in [2.05, 4.69) is 22.4 Å². The predicted octanol–water partition coefficient (Wildman–Crippen LogP) is 3.83. The SMILES string of the molecule is CC(NCc1nnc(-c2ccco2)o1)c1ccc(Cl)cc1. The molecular weight excluding hydrogens is 290 g/mol. The van der Waals surface area contributed by atoms with Crippen molar-refractivity contribution in [1.29, 1.82) is 0 Å². The Labute approximate surface area is 126 Å². The Morgan fingerprint density at radius 2 is 2.00 bits per heavy atom. The van der Waals surface area contributed by atoms with E-state index in [1.165, 1.54) is 0 Å². The van der Waals surface area contributed by atoms with Crippen LogP contribution >= 0.6 is 11.6 Å². The van der Waals surface area contributed by atoms with E-state index < -0.39 is 0 Å². The highest BCUT2D eigenvalue weighted by atomic mass is 35.5. The van der Waals surface area contributed by atoms with Gasteiger partial charge in [-0.1, -0.05) is 23.7 Å². The molecule has 21 heavy (non-hydrogen) atoms. The van der Waals surface area contributed by atoms with Crippen molar-refractivity contribution in [2.45, 2.75) is 19.5 Å². The molecule has 0 bridgehead atoms. The van der Waals surface area contributed by atoms with Gasteiger partial charge >= 0.3 is 0 Å². The van der Waals surface area contributed by atoms with Crippen LogP contribution in [-0.2, 0) is 6.54 Å². The van der Waals surface area contributed by atoms with E-state index in [1.54, 1.807) is 18.4 Å². The number of rotatable bonds is 5. The molecule has 3 rings (SSSR count). The fourth-order valence-corrected chi connectivity index (χ4v) is 2.06. The first-order valence-electron chi connectivity index (χ1n) is 6.57. The molecule has 0 radical (unpaired) electrons. The van der Waals surface area contributed by atoms with E-state index >= 15 is 0 Å². The molecule has 0 saturated carbocycles. The molecule has 6 heteroatoms. The quantitative estimate of drug-likeness (QED) is 0.776. The molecule has 0 fully saturated rings. The summed E-state index contributed by atoms with van der Waals surface area (Å²) in [7, 11) is 0. The molecule has 0 aliphatic heterocycles. The Balaban J connectivity index is 1.61. The summed E-state index contributed by atoms with van der Waals surface area (Å²) in [6, 6.07) is 11.4. The fraction of sp³-hybridized carbons (Fsp3) is 0.200. The van der Waals surface area contributed by atoms with Crippen molar-refractivity contribution in [1.82, 2.24) is 15.5 Å². The number of aromatic nitrogens is 2. The van der Waals surface area contributed by atoms with Crippen LogP contribution in [0.25, 0.3) is 11.7 Å². The molecule has 2 heterocycles. The minimum atomic E-state index is 0.154. The van der Waals surface area contributed by atoms with E-state index in [1.807, 2.05) is 24.3 Å². The molecule has 3 aromatic rings. The van der Waals surface area contributed by atoms with Crippen LogP contribution in [-0.4, -0.2) is 10.2 Å². The second-order valence-corrected chi connectivity index (χ2v) is 5.07. The molecule has 1 aromatic carbocycles. The van der Waals surface area contributed by atoms with Crippen molar-refractivity contribution in [3.05, 3.63) is 59.1 Å². The van der Waals surface area contributed by atoms with Crippen LogP contribution < -0.4 is 5.32 Å². The largest absolute Gasteiger partial charge is 0.459 e. The van der Waals surface area contributed by atoms with Crippen molar-refractivity contribution in [2.24, 2.45) is 0 Å². The van der Waals surface area contributed by atoms with Gasteiger partial charge in [-0.15, -0.1) is 10.2 Å². The highest BCUT2D eigenvalue weighted by Gasteiger charge is 2.12. The molecule has 1 N–H and O–H groups in total. The molecule has 0 amide bonds. The maximum absolute atomic E-state index is 5.88. The van der Waals surface area contributed by atoms with Gasteiger partial charge in [-0.05, 0) is 36.8 Å². The second kappa shape index (κ2) is 6.11. The summed E-state index contributed by atoms with van der Waals surface area (Å²) in [4.78, 5) is 0. The third-order valence-corrected chi connectivity index (χ3v) is 3.38. The number of nitrogens with one attached hydrogen (secondary N) is 1. The fourth-order valence-electron chi connectivity index (χ4n) is 1.93. The van der Waals surface area contributed by atoms with Crippen LogP contribution in [0, 0.1) is 0 Å². The molecule has 1 unspecified atom stereocenters. The zero-order valence-electron chi connectivity index (χ0n) is 11.4. The van der Waals surface area contributed by atoms with Gasteiger partial charge in [-0.25, -0.2) is 0 Å². The zero-order chi connectivity index (χ0) is 14.7. The Bertz CT molecular complexity index is 692. The lowest BCUT2D eigenvalue weighted by atomic mass is 10.1. The van der Waals surface area contributed by atoms with Gasteiger partial charge < -0.3 is 14.2 Å². The summed E-state index contributed by atoms with van der Waals surface area (Å²) in [6.07, 6.45) is 1.57. The van der Waals surface area contributed by atoms with Crippen molar-refractivity contribution < 1.29 is 8.83 Å². The summed E-state index contributed by atoms with van der Waals surface area (Å²) < 4.78 is 10.7. The molecule has 2 aromatic heterocycles. The van der Waals surface area contributed by atoms with Crippen molar-refractivity contribution in [3.63, 3.8) is 0 Å². The van der Waals surface area contributed by atoms with Gasteiger partial charge in [-0.2, -0.15) is 0 Å². The van der Waals surface area contributed by atoms with Crippen LogP contribution in [0.1, 0.15) is 24.4 Å². The van der Waals surface area contributed by atoms with Crippen LogP contribution in [0.15, 0.2) is 51.5 Å². The van der Waals surface area contributed by atoms with E-state index in [9.17, 15) is 0 Å². The molecular formula is C15H14ClN3O2. The normalized spacial score (nSPS) is 12.5. The first-order valence-corrected chi connectivity index (χ1v) is 6.95. The first kappa shape index (κ1) is 13.9. The maximum Gasteiger partial charge on any atom is 0.283 e. The van der Waals surface area contributed by atoms with E-state index in [0.29, 0.717) is 24.1 Å². The lowest BCUT2D eigenvalue weighted by Gasteiger charge is -2.12. The minimum Gasteiger partial charge on any atom is -0.459 e. The van der Waals surface area contributed by atoms with Crippen molar-refractivity contribution in [2.75, 3.05) is 0 Å².